The molecule has 96 valence electrons. The highest BCUT2D eigenvalue weighted by Gasteiger charge is 2.11. The van der Waals surface area contributed by atoms with Crippen LogP contribution in [0.5, 0.6) is 0 Å². The fourth-order valence-electron chi connectivity index (χ4n) is 1.37. The molecule has 6 heteroatoms. The molecular formula is C11H17NO4S. The molecule has 0 radical (unpaired) electrons. The number of benzene rings is 1. The van der Waals surface area contributed by atoms with Crippen molar-refractivity contribution in [3.8, 4) is 0 Å². The van der Waals surface area contributed by atoms with Gasteiger partial charge in [-0.15, -0.1) is 0 Å². The third kappa shape index (κ3) is 3.99. The van der Waals surface area contributed by atoms with Gasteiger partial charge in [0.15, 0.2) is 6.29 Å². The number of sulfonamides is 1. The smallest absolute Gasteiger partial charge is 0.232 e. The van der Waals surface area contributed by atoms with Crippen LogP contribution in [0, 0.1) is 0 Å². The zero-order chi connectivity index (χ0) is 12.9. The highest BCUT2D eigenvalue weighted by Crippen LogP contribution is 2.21. The summed E-state index contributed by atoms with van der Waals surface area (Å²) in [4.78, 5) is 0. The molecule has 1 N–H and O–H groups in total. The van der Waals surface area contributed by atoms with Crippen LogP contribution in [0.25, 0.3) is 0 Å². The molecule has 0 aliphatic rings. The van der Waals surface area contributed by atoms with E-state index in [2.05, 4.69) is 4.72 Å². The van der Waals surface area contributed by atoms with Crippen LogP contribution >= 0.6 is 0 Å². The van der Waals surface area contributed by atoms with E-state index < -0.39 is 16.3 Å². The number of hydrogen-bond acceptors (Lipinski definition) is 4. The van der Waals surface area contributed by atoms with E-state index in [0.717, 1.165) is 5.56 Å². The average molecular weight is 259 g/mol. The summed E-state index contributed by atoms with van der Waals surface area (Å²) in [5.41, 5.74) is 1.26. The van der Waals surface area contributed by atoms with E-state index in [9.17, 15) is 8.42 Å². The fraction of sp³-hybridized carbons (Fsp3) is 0.455. The van der Waals surface area contributed by atoms with Crippen LogP contribution in [0.4, 0.5) is 5.69 Å². The largest absolute Gasteiger partial charge is 0.352 e. The van der Waals surface area contributed by atoms with Crippen molar-refractivity contribution >= 4 is 15.7 Å². The van der Waals surface area contributed by atoms with Gasteiger partial charge in [-0.05, 0) is 19.1 Å². The van der Waals surface area contributed by atoms with Gasteiger partial charge < -0.3 is 9.47 Å². The van der Waals surface area contributed by atoms with E-state index in [4.69, 9.17) is 9.47 Å². The molecule has 17 heavy (non-hydrogen) atoms. The second-order valence-electron chi connectivity index (χ2n) is 3.43. The molecular weight excluding hydrogens is 242 g/mol. The van der Waals surface area contributed by atoms with Gasteiger partial charge in [0.25, 0.3) is 0 Å². The number of methoxy groups -OCH3 is 2. The van der Waals surface area contributed by atoms with E-state index in [0.29, 0.717) is 5.69 Å². The Bertz CT molecular complexity index is 454. The summed E-state index contributed by atoms with van der Waals surface area (Å²) in [6.45, 7) is 1.58. The molecule has 0 amide bonds. The number of hydrogen-bond donors (Lipinski definition) is 1. The molecule has 5 nitrogen and oxygen atoms in total. The first-order chi connectivity index (χ1) is 8.02. The first-order valence-electron chi connectivity index (χ1n) is 5.18. The van der Waals surface area contributed by atoms with Crippen molar-refractivity contribution in [1.82, 2.24) is 0 Å². The molecule has 0 saturated heterocycles. The van der Waals surface area contributed by atoms with Gasteiger partial charge in [0.2, 0.25) is 10.0 Å². The maximum Gasteiger partial charge on any atom is 0.232 e. The van der Waals surface area contributed by atoms with Crippen LogP contribution in [-0.4, -0.2) is 28.4 Å². The molecule has 1 aromatic rings. The van der Waals surface area contributed by atoms with Crippen molar-refractivity contribution in [1.29, 1.82) is 0 Å². The lowest BCUT2D eigenvalue weighted by atomic mass is 10.2. The van der Waals surface area contributed by atoms with Gasteiger partial charge in [-0.2, -0.15) is 0 Å². The fourth-order valence-corrected chi connectivity index (χ4v) is 2.00. The number of rotatable bonds is 6. The van der Waals surface area contributed by atoms with Gasteiger partial charge in [0, 0.05) is 25.5 Å². The molecule has 1 aromatic carbocycles. The molecule has 0 unspecified atom stereocenters. The lowest BCUT2D eigenvalue weighted by molar-refractivity contribution is -0.105. The van der Waals surface area contributed by atoms with E-state index in [1.165, 1.54) is 14.2 Å². The third-order valence-corrected chi connectivity index (χ3v) is 3.55. The lowest BCUT2D eigenvalue weighted by Crippen LogP contribution is -2.15. The van der Waals surface area contributed by atoms with E-state index >= 15 is 0 Å². The quantitative estimate of drug-likeness (QED) is 0.790. The Morgan fingerprint density at radius 1 is 1.29 bits per heavy atom. The monoisotopic (exact) mass is 259 g/mol. The highest BCUT2D eigenvalue weighted by molar-refractivity contribution is 7.92. The van der Waals surface area contributed by atoms with Gasteiger partial charge in [-0.3, -0.25) is 4.72 Å². The molecule has 0 spiro atoms. The van der Waals surface area contributed by atoms with Gasteiger partial charge in [0.1, 0.15) is 0 Å². The van der Waals surface area contributed by atoms with E-state index in [1.54, 1.807) is 31.2 Å². The number of nitrogens with one attached hydrogen (secondary N) is 1. The summed E-state index contributed by atoms with van der Waals surface area (Å²) >= 11 is 0. The standard InChI is InChI=1S/C11H17NO4S/c1-4-17(13,14)12-10-7-5-6-9(8-10)11(15-2)16-3/h5-8,11-12H,4H2,1-3H3. The molecule has 0 atom stereocenters. The van der Waals surface area contributed by atoms with Crippen molar-refractivity contribution in [2.75, 3.05) is 24.7 Å². The highest BCUT2D eigenvalue weighted by atomic mass is 32.2. The Labute approximate surface area is 102 Å². The van der Waals surface area contributed by atoms with Gasteiger partial charge in [-0.1, -0.05) is 12.1 Å². The van der Waals surface area contributed by atoms with Crippen molar-refractivity contribution in [3.63, 3.8) is 0 Å². The van der Waals surface area contributed by atoms with Crippen LogP contribution < -0.4 is 4.72 Å². The summed E-state index contributed by atoms with van der Waals surface area (Å²) in [7, 11) is -0.210. The summed E-state index contributed by atoms with van der Waals surface area (Å²) in [6, 6.07) is 6.92. The molecule has 0 heterocycles. The molecule has 0 bridgehead atoms. The molecule has 0 aliphatic heterocycles. The van der Waals surface area contributed by atoms with Crippen LogP contribution in [0.2, 0.25) is 0 Å². The third-order valence-electron chi connectivity index (χ3n) is 2.24. The van der Waals surface area contributed by atoms with E-state index in [1.807, 2.05) is 0 Å². The predicted molar refractivity (Wildman–Crippen MR) is 66.3 cm³/mol. The second kappa shape index (κ2) is 6.00. The first kappa shape index (κ1) is 14.0. The molecule has 0 aliphatic carbocycles. The minimum Gasteiger partial charge on any atom is -0.352 e. The van der Waals surface area contributed by atoms with Gasteiger partial charge >= 0.3 is 0 Å². The second-order valence-corrected chi connectivity index (χ2v) is 5.45. The number of ether oxygens (including phenoxy) is 2. The first-order valence-corrected chi connectivity index (χ1v) is 6.83. The lowest BCUT2D eigenvalue weighted by Gasteiger charge is -2.15. The minimum absolute atomic E-state index is 0.0369. The molecule has 0 saturated carbocycles. The average Bonchev–Trinajstić information content (AvgIpc) is 2.31. The van der Waals surface area contributed by atoms with Crippen molar-refractivity contribution in [3.05, 3.63) is 29.8 Å². The summed E-state index contributed by atoms with van der Waals surface area (Å²) in [6.07, 6.45) is -0.499. The van der Waals surface area contributed by atoms with Gasteiger partial charge in [0.05, 0.1) is 5.75 Å². The Morgan fingerprint density at radius 3 is 2.47 bits per heavy atom. The SMILES string of the molecule is CCS(=O)(=O)Nc1cccc(C(OC)OC)c1. The summed E-state index contributed by atoms with van der Waals surface area (Å²) < 4.78 is 35.5. The Hall–Kier alpha value is -1.11. The molecule has 0 fully saturated rings. The zero-order valence-electron chi connectivity index (χ0n) is 10.1. The van der Waals surface area contributed by atoms with Crippen molar-refractivity contribution in [2.45, 2.75) is 13.2 Å². The summed E-state index contributed by atoms with van der Waals surface area (Å²) in [5, 5.41) is 0. The number of anilines is 1. The minimum atomic E-state index is -3.26. The molecule has 0 aromatic heterocycles. The normalized spacial score (nSPS) is 11.8. The van der Waals surface area contributed by atoms with Crippen molar-refractivity contribution < 1.29 is 17.9 Å². The Balaban J connectivity index is 2.93. The van der Waals surface area contributed by atoms with Gasteiger partial charge in [-0.25, -0.2) is 8.42 Å². The Kier molecular flexibility index (Phi) is 4.92. The van der Waals surface area contributed by atoms with E-state index in [-0.39, 0.29) is 5.75 Å². The maximum atomic E-state index is 11.4. The predicted octanol–water partition coefficient (Wildman–Crippen LogP) is 1.74. The van der Waals surface area contributed by atoms with Crippen molar-refractivity contribution in [2.24, 2.45) is 0 Å². The summed E-state index contributed by atoms with van der Waals surface area (Å²) in [5.74, 6) is 0.0369. The van der Waals surface area contributed by atoms with Crippen LogP contribution in [0.1, 0.15) is 18.8 Å². The zero-order valence-corrected chi connectivity index (χ0v) is 11.0. The van der Waals surface area contributed by atoms with Crippen LogP contribution in [-0.2, 0) is 19.5 Å². The maximum absolute atomic E-state index is 11.4. The van der Waals surface area contributed by atoms with Crippen LogP contribution in [0.15, 0.2) is 24.3 Å². The molecule has 1 rings (SSSR count). The Morgan fingerprint density at radius 2 is 1.94 bits per heavy atom. The van der Waals surface area contributed by atoms with Crippen LogP contribution in [0.3, 0.4) is 0 Å². The topological polar surface area (TPSA) is 64.6 Å².